The van der Waals surface area contributed by atoms with Gasteiger partial charge in [-0.2, -0.15) is 5.10 Å². The molecule has 0 bridgehead atoms. The van der Waals surface area contributed by atoms with Crippen molar-refractivity contribution in [3.63, 3.8) is 0 Å². The Morgan fingerprint density at radius 1 is 1.06 bits per heavy atom. The Bertz CT molecular complexity index is 655. The summed E-state index contributed by atoms with van der Waals surface area (Å²) in [5.74, 6) is 0. The Hall–Kier alpha value is -2.16. The fourth-order valence-corrected chi connectivity index (χ4v) is 2.12. The minimum atomic E-state index is 0.883. The van der Waals surface area contributed by atoms with Crippen LogP contribution in [0.1, 0.15) is 12.5 Å². The zero-order chi connectivity index (χ0) is 11.7. The standard InChI is InChI=1S/C14H13N3/c1-2-11-5-3-4-6-12(11)13-7-9-15-14-8-10-16-17(13)14/h3-10H,2H2,1H3. The van der Waals surface area contributed by atoms with Gasteiger partial charge in [-0.3, -0.25) is 0 Å². The molecular formula is C14H13N3. The largest absolute Gasteiger partial charge is 0.237 e. The molecule has 0 aliphatic rings. The molecule has 0 spiro atoms. The zero-order valence-corrected chi connectivity index (χ0v) is 9.67. The molecule has 84 valence electrons. The molecule has 0 fully saturated rings. The second-order valence-electron chi connectivity index (χ2n) is 3.94. The second kappa shape index (κ2) is 4.01. The third kappa shape index (κ3) is 1.60. The van der Waals surface area contributed by atoms with E-state index in [2.05, 4.69) is 41.3 Å². The summed E-state index contributed by atoms with van der Waals surface area (Å²) in [6, 6.07) is 12.3. The molecule has 17 heavy (non-hydrogen) atoms. The van der Waals surface area contributed by atoms with Crippen molar-refractivity contribution in [2.24, 2.45) is 0 Å². The smallest absolute Gasteiger partial charge is 0.155 e. The van der Waals surface area contributed by atoms with E-state index in [1.807, 2.05) is 22.8 Å². The van der Waals surface area contributed by atoms with Crippen molar-refractivity contribution in [1.82, 2.24) is 14.6 Å². The van der Waals surface area contributed by atoms with Crippen molar-refractivity contribution in [3.05, 3.63) is 54.4 Å². The molecule has 0 radical (unpaired) electrons. The van der Waals surface area contributed by atoms with Crippen LogP contribution >= 0.6 is 0 Å². The minimum absolute atomic E-state index is 0.883. The summed E-state index contributed by atoms with van der Waals surface area (Å²) in [6.07, 6.45) is 4.63. The predicted octanol–water partition coefficient (Wildman–Crippen LogP) is 2.96. The van der Waals surface area contributed by atoms with Gasteiger partial charge >= 0.3 is 0 Å². The fraction of sp³-hybridized carbons (Fsp3) is 0.143. The highest BCUT2D eigenvalue weighted by Crippen LogP contribution is 2.23. The van der Waals surface area contributed by atoms with Gasteiger partial charge < -0.3 is 0 Å². The van der Waals surface area contributed by atoms with Crippen LogP contribution in [-0.4, -0.2) is 14.6 Å². The van der Waals surface area contributed by atoms with Gasteiger partial charge in [-0.1, -0.05) is 31.2 Å². The lowest BCUT2D eigenvalue weighted by Gasteiger charge is -2.09. The van der Waals surface area contributed by atoms with Crippen LogP contribution in [0, 0.1) is 0 Å². The number of aryl methyl sites for hydroxylation is 1. The Morgan fingerprint density at radius 2 is 1.94 bits per heavy atom. The van der Waals surface area contributed by atoms with Crippen molar-refractivity contribution in [2.75, 3.05) is 0 Å². The molecule has 1 aromatic carbocycles. The highest BCUT2D eigenvalue weighted by molar-refractivity contribution is 5.66. The molecule has 0 aliphatic heterocycles. The third-order valence-corrected chi connectivity index (χ3v) is 2.96. The first kappa shape index (κ1) is 10.0. The van der Waals surface area contributed by atoms with Crippen LogP contribution in [0.5, 0.6) is 0 Å². The number of fused-ring (bicyclic) bond motifs is 1. The first-order valence-electron chi connectivity index (χ1n) is 5.77. The molecule has 3 rings (SSSR count). The molecule has 0 N–H and O–H groups in total. The van der Waals surface area contributed by atoms with E-state index in [0.29, 0.717) is 0 Å². The molecule has 0 saturated heterocycles. The lowest BCUT2D eigenvalue weighted by molar-refractivity contribution is 0.944. The van der Waals surface area contributed by atoms with Crippen LogP contribution in [0.3, 0.4) is 0 Å². The predicted molar refractivity (Wildman–Crippen MR) is 67.8 cm³/mol. The number of benzene rings is 1. The maximum Gasteiger partial charge on any atom is 0.155 e. The first-order valence-corrected chi connectivity index (χ1v) is 5.77. The van der Waals surface area contributed by atoms with Gasteiger partial charge in [0.15, 0.2) is 5.65 Å². The van der Waals surface area contributed by atoms with Gasteiger partial charge in [0, 0.05) is 17.8 Å². The molecule has 3 aromatic rings. The lowest BCUT2D eigenvalue weighted by atomic mass is 10.0. The van der Waals surface area contributed by atoms with Crippen molar-refractivity contribution in [1.29, 1.82) is 0 Å². The van der Waals surface area contributed by atoms with Crippen molar-refractivity contribution in [2.45, 2.75) is 13.3 Å². The third-order valence-electron chi connectivity index (χ3n) is 2.96. The number of hydrogen-bond donors (Lipinski definition) is 0. The molecule has 0 saturated carbocycles. The van der Waals surface area contributed by atoms with E-state index in [0.717, 1.165) is 17.8 Å². The molecule has 0 aliphatic carbocycles. The molecule has 3 heteroatoms. The molecule has 3 nitrogen and oxygen atoms in total. The molecule has 2 heterocycles. The lowest BCUT2D eigenvalue weighted by Crippen LogP contribution is -1.97. The monoisotopic (exact) mass is 223 g/mol. The molecule has 0 unspecified atom stereocenters. The molecule has 0 atom stereocenters. The zero-order valence-electron chi connectivity index (χ0n) is 9.67. The van der Waals surface area contributed by atoms with E-state index in [4.69, 9.17) is 0 Å². The average Bonchev–Trinajstić information content (AvgIpc) is 2.86. The summed E-state index contributed by atoms with van der Waals surface area (Å²) in [6.45, 7) is 2.17. The first-order chi connectivity index (χ1) is 8.40. The van der Waals surface area contributed by atoms with Crippen molar-refractivity contribution >= 4 is 5.65 Å². The number of rotatable bonds is 2. The Labute approximate surface area is 99.7 Å². The van der Waals surface area contributed by atoms with Gasteiger partial charge in [-0.25, -0.2) is 9.50 Å². The fourth-order valence-electron chi connectivity index (χ4n) is 2.12. The van der Waals surface area contributed by atoms with Crippen LogP contribution < -0.4 is 0 Å². The Balaban J connectivity index is 2.30. The molecular weight excluding hydrogens is 210 g/mol. The summed E-state index contributed by atoms with van der Waals surface area (Å²) in [4.78, 5) is 4.28. The SMILES string of the molecule is CCc1ccccc1-c1ccnc2ccnn12. The summed E-state index contributed by atoms with van der Waals surface area (Å²) in [5, 5.41) is 4.32. The van der Waals surface area contributed by atoms with Gasteiger partial charge in [0.2, 0.25) is 0 Å². The van der Waals surface area contributed by atoms with Crippen LogP contribution in [0.25, 0.3) is 16.9 Å². The van der Waals surface area contributed by atoms with E-state index in [1.165, 1.54) is 11.1 Å². The van der Waals surface area contributed by atoms with Gasteiger partial charge in [-0.05, 0) is 18.1 Å². The quantitative estimate of drug-likeness (QED) is 0.668. The molecule has 0 amide bonds. The van der Waals surface area contributed by atoms with Gasteiger partial charge in [0.25, 0.3) is 0 Å². The normalized spacial score (nSPS) is 10.9. The van der Waals surface area contributed by atoms with E-state index >= 15 is 0 Å². The highest BCUT2D eigenvalue weighted by atomic mass is 15.2. The van der Waals surface area contributed by atoms with Gasteiger partial charge in [-0.15, -0.1) is 0 Å². The molecule has 2 aromatic heterocycles. The van der Waals surface area contributed by atoms with Crippen LogP contribution in [-0.2, 0) is 6.42 Å². The summed E-state index contributed by atoms with van der Waals surface area (Å²) >= 11 is 0. The number of aromatic nitrogens is 3. The maximum absolute atomic E-state index is 4.32. The van der Waals surface area contributed by atoms with E-state index < -0.39 is 0 Å². The maximum atomic E-state index is 4.32. The van der Waals surface area contributed by atoms with Gasteiger partial charge in [0.1, 0.15) is 0 Å². The van der Waals surface area contributed by atoms with E-state index in [9.17, 15) is 0 Å². The van der Waals surface area contributed by atoms with Gasteiger partial charge in [0.05, 0.1) is 11.9 Å². The summed E-state index contributed by atoms with van der Waals surface area (Å²) < 4.78 is 1.88. The van der Waals surface area contributed by atoms with Crippen LogP contribution in [0.15, 0.2) is 48.8 Å². The van der Waals surface area contributed by atoms with Crippen molar-refractivity contribution < 1.29 is 0 Å². The minimum Gasteiger partial charge on any atom is -0.237 e. The second-order valence-corrected chi connectivity index (χ2v) is 3.94. The number of hydrogen-bond acceptors (Lipinski definition) is 2. The number of nitrogens with zero attached hydrogens (tertiary/aromatic N) is 3. The Morgan fingerprint density at radius 3 is 2.82 bits per heavy atom. The Kier molecular flexibility index (Phi) is 2.37. The van der Waals surface area contributed by atoms with Crippen LogP contribution in [0.4, 0.5) is 0 Å². The van der Waals surface area contributed by atoms with Crippen LogP contribution in [0.2, 0.25) is 0 Å². The summed E-state index contributed by atoms with van der Waals surface area (Å²) in [7, 11) is 0. The van der Waals surface area contributed by atoms with Crippen molar-refractivity contribution in [3.8, 4) is 11.3 Å². The van der Waals surface area contributed by atoms with E-state index in [-0.39, 0.29) is 0 Å². The highest BCUT2D eigenvalue weighted by Gasteiger charge is 2.07. The topological polar surface area (TPSA) is 30.2 Å². The average molecular weight is 223 g/mol. The van der Waals surface area contributed by atoms with E-state index in [1.54, 1.807) is 6.20 Å². The summed E-state index contributed by atoms with van der Waals surface area (Å²) in [5.41, 5.74) is 4.53.